The maximum atomic E-state index is 13.2. The zero-order chi connectivity index (χ0) is 24.4. The topological polar surface area (TPSA) is 89.8 Å². The Morgan fingerprint density at radius 3 is 2.51 bits per heavy atom. The first kappa shape index (κ1) is 23.3. The average molecular weight is 496 g/mol. The lowest BCUT2D eigenvalue weighted by atomic mass is 10.1. The number of aromatic nitrogens is 3. The van der Waals surface area contributed by atoms with Crippen molar-refractivity contribution in [3.63, 3.8) is 0 Å². The minimum Gasteiger partial charge on any atom is -0.496 e. The third-order valence-electron chi connectivity index (χ3n) is 6.50. The third kappa shape index (κ3) is 4.87. The number of carbonyl (C=O) groups is 2. The molecule has 0 radical (unpaired) electrons. The molecule has 1 saturated heterocycles. The van der Waals surface area contributed by atoms with Crippen molar-refractivity contribution in [2.24, 2.45) is 0 Å². The van der Waals surface area contributed by atoms with Crippen molar-refractivity contribution in [3.8, 4) is 5.75 Å². The van der Waals surface area contributed by atoms with Gasteiger partial charge in [-0.1, -0.05) is 47.1 Å². The van der Waals surface area contributed by atoms with Crippen LogP contribution in [0.5, 0.6) is 5.75 Å². The first-order valence-electron chi connectivity index (χ1n) is 11.5. The minimum atomic E-state index is -0.184. The lowest BCUT2D eigenvalue weighted by molar-refractivity contribution is -0.131. The molecule has 1 aromatic heterocycles. The predicted octanol–water partition coefficient (Wildman–Crippen LogP) is 2.74. The standard InChI is InChI=1S/C25H26ClN5O4/c1-34-21-5-3-2-4-18(21)14-23(32)29-10-12-30(13-11-29)25(33)24-20-16-35-22(15-31(20)28-27-24)17-6-8-19(26)9-7-17/h2-9,22H,10-16H2,1H3/t22-/m1/s1. The summed E-state index contributed by atoms with van der Waals surface area (Å²) in [6.45, 7) is 2.55. The summed E-state index contributed by atoms with van der Waals surface area (Å²) in [5.41, 5.74) is 2.84. The third-order valence-corrected chi connectivity index (χ3v) is 6.75. The monoisotopic (exact) mass is 495 g/mol. The maximum Gasteiger partial charge on any atom is 0.276 e. The van der Waals surface area contributed by atoms with Crippen LogP contribution in [0.15, 0.2) is 48.5 Å². The van der Waals surface area contributed by atoms with Crippen LogP contribution in [0, 0.1) is 0 Å². The summed E-state index contributed by atoms with van der Waals surface area (Å²) in [5, 5.41) is 9.05. The number of amides is 2. The quantitative estimate of drug-likeness (QED) is 0.540. The van der Waals surface area contributed by atoms with Crippen molar-refractivity contribution in [3.05, 3.63) is 76.1 Å². The Morgan fingerprint density at radius 2 is 1.77 bits per heavy atom. The summed E-state index contributed by atoms with van der Waals surface area (Å²) in [6.07, 6.45) is 0.0879. The first-order chi connectivity index (χ1) is 17.0. The molecule has 182 valence electrons. The number of ether oxygens (including phenoxy) is 2. The summed E-state index contributed by atoms with van der Waals surface area (Å²) in [4.78, 5) is 29.5. The van der Waals surface area contributed by atoms with Crippen LogP contribution in [-0.4, -0.2) is 69.9 Å². The molecule has 10 heteroatoms. The lowest BCUT2D eigenvalue weighted by Crippen LogP contribution is -2.51. The lowest BCUT2D eigenvalue weighted by Gasteiger charge is -2.34. The summed E-state index contributed by atoms with van der Waals surface area (Å²) < 4.78 is 13.1. The van der Waals surface area contributed by atoms with Gasteiger partial charge in [0.2, 0.25) is 5.91 Å². The molecule has 2 aliphatic heterocycles. The van der Waals surface area contributed by atoms with Gasteiger partial charge < -0.3 is 19.3 Å². The smallest absolute Gasteiger partial charge is 0.276 e. The number of hydrogen-bond donors (Lipinski definition) is 0. The average Bonchev–Trinajstić information content (AvgIpc) is 3.32. The number of hydrogen-bond acceptors (Lipinski definition) is 6. The second-order valence-corrected chi connectivity index (χ2v) is 9.02. The van der Waals surface area contributed by atoms with E-state index in [0.29, 0.717) is 54.9 Å². The van der Waals surface area contributed by atoms with E-state index in [1.165, 1.54) is 0 Å². The van der Waals surface area contributed by atoms with Crippen molar-refractivity contribution in [2.45, 2.75) is 25.7 Å². The highest BCUT2D eigenvalue weighted by Gasteiger charge is 2.32. The fraction of sp³-hybridized carbons (Fsp3) is 0.360. The molecule has 0 unspecified atom stereocenters. The van der Waals surface area contributed by atoms with Crippen LogP contribution in [0.25, 0.3) is 0 Å². The molecule has 0 N–H and O–H groups in total. The predicted molar refractivity (Wildman–Crippen MR) is 128 cm³/mol. The van der Waals surface area contributed by atoms with Crippen LogP contribution in [0.2, 0.25) is 5.02 Å². The minimum absolute atomic E-state index is 0.0178. The number of halogens is 1. The summed E-state index contributed by atoms with van der Waals surface area (Å²) in [6, 6.07) is 15.0. The number of carbonyl (C=O) groups excluding carboxylic acids is 2. The number of methoxy groups -OCH3 is 1. The van der Waals surface area contributed by atoms with E-state index in [4.69, 9.17) is 21.1 Å². The van der Waals surface area contributed by atoms with Crippen molar-refractivity contribution >= 4 is 23.4 Å². The zero-order valence-electron chi connectivity index (χ0n) is 19.4. The largest absolute Gasteiger partial charge is 0.496 e. The first-order valence-corrected chi connectivity index (χ1v) is 11.9. The number of para-hydroxylation sites is 1. The second kappa shape index (κ2) is 10.1. The van der Waals surface area contributed by atoms with Crippen molar-refractivity contribution in [2.75, 3.05) is 33.3 Å². The fourth-order valence-corrected chi connectivity index (χ4v) is 4.62. The van der Waals surface area contributed by atoms with Crippen LogP contribution >= 0.6 is 11.6 Å². The van der Waals surface area contributed by atoms with Gasteiger partial charge in [0.25, 0.3) is 5.91 Å². The van der Waals surface area contributed by atoms with E-state index in [0.717, 1.165) is 11.1 Å². The van der Waals surface area contributed by atoms with E-state index in [1.807, 2.05) is 48.5 Å². The Balaban J connectivity index is 1.19. The van der Waals surface area contributed by atoms with E-state index in [-0.39, 0.29) is 30.9 Å². The van der Waals surface area contributed by atoms with Gasteiger partial charge in [-0.05, 0) is 23.8 Å². The van der Waals surface area contributed by atoms with E-state index in [2.05, 4.69) is 10.3 Å². The summed E-state index contributed by atoms with van der Waals surface area (Å²) in [5.74, 6) is 0.535. The van der Waals surface area contributed by atoms with E-state index >= 15 is 0 Å². The SMILES string of the molecule is COc1ccccc1CC(=O)N1CCN(C(=O)c2nnn3c2CO[C@@H](c2ccc(Cl)cc2)C3)CC1. The highest BCUT2D eigenvalue weighted by Crippen LogP contribution is 2.28. The highest BCUT2D eigenvalue weighted by atomic mass is 35.5. The number of rotatable bonds is 5. The normalized spacial score (nSPS) is 17.7. The molecule has 0 spiro atoms. The molecule has 9 nitrogen and oxygen atoms in total. The molecule has 1 fully saturated rings. The molecular formula is C25H26ClN5O4. The van der Waals surface area contributed by atoms with Crippen molar-refractivity contribution in [1.29, 1.82) is 0 Å². The number of nitrogens with zero attached hydrogens (tertiary/aromatic N) is 5. The molecule has 2 amide bonds. The van der Waals surface area contributed by atoms with E-state index < -0.39 is 0 Å². The van der Waals surface area contributed by atoms with Crippen LogP contribution in [-0.2, 0) is 29.1 Å². The van der Waals surface area contributed by atoms with Gasteiger partial charge in [0, 0.05) is 36.8 Å². The van der Waals surface area contributed by atoms with Gasteiger partial charge in [-0.3, -0.25) is 9.59 Å². The number of piperazine rings is 1. The second-order valence-electron chi connectivity index (χ2n) is 8.58. The Hall–Kier alpha value is -3.43. The molecule has 5 rings (SSSR count). The number of benzene rings is 2. The Bertz CT molecular complexity index is 1220. The van der Waals surface area contributed by atoms with Gasteiger partial charge in [0.1, 0.15) is 11.9 Å². The molecule has 0 saturated carbocycles. The summed E-state index contributed by atoms with van der Waals surface area (Å²) in [7, 11) is 1.60. The van der Waals surface area contributed by atoms with Crippen LogP contribution in [0.1, 0.15) is 33.4 Å². The van der Waals surface area contributed by atoms with Gasteiger partial charge >= 0.3 is 0 Å². The maximum absolute atomic E-state index is 13.2. The van der Waals surface area contributed by atoms with Gasteiger partial charge in [-0.25, -0.2) is 4.68 Å². The van der Waals surface area contributed by atoms with Gasteiger partial charge in [0.05, 0.1) is 32.4 Å². The van der Waals surface area contributed by atoms with Crippen LogP contribution < -0.4 is 4.74 Å². The van der Waals surface area contributed by atoms with E-state index in [1.54, 1.807) is 21.6 Å². The Labute approximate surface area is 208 Å². The molecule has 3 heterocycles. The van der Waals surface area contributed by atoms with Gasteiger partial charge in [-0.15, -0.1) is 5.10 Å². The fourth-order valence-electron chi connectivity index (χ4n) is 4.49. The summed E-state index contributed by atoms with van der Waals surface area (Å²) >= 11 is 5.98. The molecule has 2 aliphatic rings. The van der Waals surface area contributed by atoms with Gasteiger partial charge in [-0.2, -0.15) is 0 Å². The molecular weight excluding hydrogens is 470 g/mol. The van der Waals surface area contributed by atoms with E-state index in [9.17, 15) is 9.59 Å². The van der Waals surface area contributed by atoms with Crippen molar-refractivity contribution in [1.82, 2.24) is 24.8 Å². The van der Waals surface area contributed by atoms with Gasteiger partial charge in [0.15, 0.2) is 5.69 Å². The van der Waals surface area contributed by atoms with Crippen LogP contribution in [0.4, 0.5) is 0 Å². The Kier molecular flexibility index (Phi) is 6.70. The number of fused-ring (bicyclic) bond motifs is 1. The molecule has 1 atom stereocenters. The van der Waals surface area contributed by atoms with Crippen molar-refractivity contribution < 1.29 is 19.1 Å². The molecule has 0 bridgehead atoms. The van der Waals surface area contributed by atoms with Crippen LogP contribution in [0.3, 0.4) is 0 Å². The Morgan fingerprint density at radius 1 is 1.06 bits per heavy atom. The zero-order valence-corrected chi connectivity index (χ0v) is 20.1. The molecule has 35 heavy (non-hydrogen) atoms. The molecule has 0 aliphatic carbocycles. The molecule has 3 aromatic rings. The molecule has 2 aromatic carbocycles. The highest BCUT2D eigenvalue weighted by molar-refractivity contribution is 6.30.